The third-order valence-corrected chi connectivity index (χ3v) is 6.51. The van der Waals surface area contributed by atoms with Crippen LogP contribution >= 0.6 is 0 Å². The molecule has 3 aromatic rings. The van der Waals surface area contributed by atoms with Gasteiger partial charge >= 0.3 is 6.09 Å². The van der Waals surface area contributed by atoms with Gasteiger partial charge in [0.25, 0.3) is 5.91 Å². The first-order chi connectivity index (χ1) is 20.0. The lowest BCUT2D eigenvalue weighted by Crippen LogP contribution is -2.52. The highest BCUT2D eigenvalue weighted by Crippen LogP contribution is 2.36. The number of carbonyl (C=O) groups excluding carboxylic acids is 4. The summed E-state index contributed by atoms with van der Waals surface area (Å²) in [7, 11) is 1.40. The molecule has 0 saturated carbocycles. The number of rotatable bonds is 7. The number of amides is 4. The zero-order chi connectivity index (χ0) is 30.0. The molecule has 4 amide bonds. The quantitative estimate of drug-likeness (QED) is 0.435. The molecule has 1 saturated heterocycles. The fourth-order valence-corrected chi connectivity index (χ4v) is 4.60. The van der Waals surface area contributed by atoms with E-state index in [4.69, 9.17) is 18.3 Å². The first-order valence-corrected chi connectivity index (χ1v) is 12.2. The fourth-order valence-electron chi connectivity index (χ4n) is 4.60. The van der Waals surface area contributed by atoms with Crippen molar-refractivity contribution in [3.8, 4) is 17.2 Å². The van der Waals surface area contributed by atoms with E-state index < -0.39 is 30.8 Å². The third kappa shape index (κ3) is 5.40. The molecule has 0 spiro atoms. The lowest BCUT2D eigenvalue weighted by atomic mass is 10.0. The Morgan fingerprint density at radius 1 is 1.10 bits per heavy atom. The number of piperidine rings is 1. The Balaban J connectivity index is 1.21. The van der Waals surface area contributed by atoms with Crippen molar-refractivity contribution in [2.24, 2.45) is 0 Å². The number of methoxy groups -OCH3 is 1. The lowest BCUT2D eigenvalue weighted by molar-refractivity contribution is -0.136. The molecule has 2 N–H and O–H groups in total. The summed E-state index contributed by atoms with van der Waals surface area (Å²) in [5.74, 6) is -0.432. The van der Waals surface area contributed by atoms with Crippen LogP contribution in [-0.2, 0) is 27.5 Å². The van der Waals surface area contributed by atoms with E-state index in [1.165, 1.54) is 18.1 Å². The number of hydrogen-bond donors (Lipinski definition) is 2. The maximum absolute atomic E-state index is 13.3. The van der Waals surface area contributed by atoms with Crippen molar-refractivity contribution in [1.29, 1.82) is 0 Å². The first kappa shape index (κ1) is 22.2. The zero-order valence-electron chi connectivity index (χ0n) is 24.0. The Labute approximate surface area is 229 Å². The van der Waals surface area contributed by atoms with E-state index in [0.717, 1.165) is 0 Å². The highest BCUT2D eigenvalue weighted by Gasteiger charge is 2.41. The Kier molecular flexibility index (Phi) is 6.17. The number of anilines is 1. The topological polar surface area (TPSA) is 123 Å². The summed E-state index contributed by atoms with van der Waals surface area (Å²) < 4.78 is 39.6. The van der Waals surface area contributed by atoms with E-state index in [0.29, 0.717) is 28.1 Å². The molecule has 200 valence electrons. The molecule has 10 heteroatoms. The van der Waals surface area contributed by atoms with Gasteiger partial charge in [-0.3, -0.25) is 25.0 Å². The van der Waals surface area contributed by atoms with Crippen LogP contribution < -0.4 is 20.1 Å². The molecule has 0 aliphatic carbocycles. The average molecular weight is 533 g/mol. The van der Waals surface area contributed by atoms with Gasteiger partial charge in [-0.05, 0) is 54.7 Å². The molecule has 2 aliphatic rings. The summed E-state index contributed by atoms with van der Waals surface area (Å²) in [6, 6.07) is 15.3. The minimum Gasteiger partial charge on any atom is -0.495 e. The number of hydrogen-bond acceptors (Lipinski definition) is 7. The number of benzene rings is 3. The molecule has 10 nitrogen and oxygen atoms in total. The molecule has 0 radical (unpaired) electrons. The first-order valence-electron chi connectivity index (χ1n) is 13.7. The summed E-state index contributed by atoms with van der Waals surface area (Å²) in [4.78, 5) is 51.1. The van der Waals surface area contributed by atoms with Gasteiger partial charge in [0.15, 0.2) is 0 Å². The van der Waals surface area contributed by atoms with Crippen molar-refractivity contribution in [3.63, 3.8) is 0 Å². The second-order valence-corrected chi connectivity index (χ2v) is 9.02. The predicted molar refractivity (Wildman–Crippen MR) is 141 cm³/mol. The number of carbonyl (C=O) groups is 4. The number of aryl methyl sites for hydroxylation is 1. The molecule has 5 rings (SSSR count). The molecule has 3 aromatic carbocycles. The van der Waals surface area contributed by atoms with Crippen molar-refractivity contribution in [1.82, 2.24) is 10.2 Å². The molecule has 39 heavy (non-hydrogen) atoms. The second-order valence-electron chi connectivity index (χ2n) is 9.02. The van der Waals surface area contributed by atoms with Gasteiger partial charge in [-0.15, -0.1) is 0 Å². The van der Waals surface area contributed by atoms with Gasteiger partial charge < -0.3 is 19.1 Å². The Morgan fingerprint density at radius 3 is 2.64 bits per heavy atom. The molecule has 1 fully saturated rings. The highest BCUT2D eigenvalue weighted by molar-refractivity contribution is 6.06. The standard InChI is InChI=1S/C29H27N3O7/c1-17-5-3-4-6-23(17)39-21-11-9-20(10-12-21)30-29(36)38-16-19-8-7-18-15-32(28(35)25(18)26(19)37-2)22-13-14-24(33)31-27(22)34/h3-12,22H,13-16H2,1-2H3,(H,30,36)(H,31,33,34)/i1D3. The third-order valence-electron chi connectivity index (χ3n) is 6.51. The second kappa shape index (κ2) is 10.9. The van der Waals surface area contributed by atoms with Gasteiger partial charge in [-0.25, -0.2) is 4.79 Å². The van der Waals surface area contributed by atoms with Crippen LogP contribution in [0.3, 0.4) is 0 Å². The molecule has 2 heterocycles. The molecule has 1 atom stereocenters. The van der Waals surface area contributed by atoms with Crippen molar-refractivity contribution in [2.45, 2.75) is 38.9 Å². The van der Waals surface area contributed by atoms with E-state index in [9.17, 15) is 19.2 Å². The normalized spacial score (nSPS) is 17.9. The Bertz CT molecular complexity index is 1560. The van der Waals surface area contributed by atoms with Crippen molar-refractivity contribution in [2.75, 3.05) is 12.4 Å². The van der Waals surface area contributed by atoms with Gasteiger partial charge in [0, 0.05) is 28.3 Å². The number of ether oxygens (including phenoxy) is 3. The van der Waals surface area contributed by atoms with E-state index >= 15 is 0 Å². The van der Waals surface area contributed by atoms with Gasteiger partial charge in [0.1, 0.15) is 29.9 Å². The number of nitrogens with one attached hydrogen (secondary N) is 2. The van der Waals surface area contributed by atoms with Crippen molar-refractivity contribution >= 4 is 29.5 Å². The maximum atomic E-state index is 13.3. The van der Waals surface area contributed by atoms with Gasteiger partial charge in [-0.1, -0.05) is 30.3 Å². The monoisotopic (exact) mass is 532 g/mol. The number of imide groups is 1. The van der Waals surface area contributed by atoms with Crippen molar-refractivity contribution < 1.29 is 37.5 Å². The predicted octanol–water partition coefficient (Wildman–Crippen LogP) is 4.31. The van der Waals surface area contributed by atoms with Gasteiger partial charge in [-0.2, -0.15) is 0 Å². The number of fused-ring (bicyclic) bond motifs is 1. The van der Waals surface area contributed by atoms with Crippen LogP contribution in [0.25, 0.3) is 0 Å². The van der Waals surface area contributed by atoms with E-state index in [1.54, 1.807) is 54.6 Å². The smallest absolute Gasteiger partial charge is 0.411 e. The van der Waals surface area contributed by atoms with E-state index in [2.05, 4.69) is 10.6 Å². The van der Waals surface area contributed by atoms with Crippen LogP contribution in [0.5, 0.6) is 17.2 Å². The summed E-state index contributed by atoms with van der Waals surface area (Å²) in [5.41, 5.74) is 1.91. The SMILES string of the molecule is [2H]C([2H])([2H])c1ccccc1Oc1ccc(NC(=O)OCc2ccc3c(c2OC)C(=O)N(C2CCC(=O)NC2=O)C3)cc1. The fraction of sp³-hybridized carbons (Fsp3) is 0.241. The lowest BCUT2D eigenvalue weighted by Gasteiger charge is -2.29. The average Bonchev–Trinajstić information content (AvgIpc) is 3.28. The molecule has 0 aromatic heterocycles. The largest absolute Gasteiger partial charge is 0.495 e. The summed E-state index contributed by atoms with van der Waals surface area (Å²) in [6.45, 7) is -2.33. The van der Waals surface area contributed by atoms with E-state index in [1.807, 2.05) is 0 Å². The van der Waals surface area contributed by atoms with E-state index in [-0.39, 0.29) is 49.0 Å². The molecular weight excluding hydrogens is 502 g/mol. The maximum Gasteiger partial charge on any atom is 0.411 e. The number of nitrogens with zero attached hydrogens (tertiary/aromatic N) is 1. The van der Waals surface area contributed by atoms with Crippen LogP contribution in [0.1, 0.15) is 44.0 Å². The summed E-state index contributed by atoms with van der Waals surface area (Å²) in [6.07, 6.45) is -0.364. The summed E-state index contributed by atoms with van der Waals surface area (Å²) in [5, 5.41) is 4.87. The Morgan fingerprint density at radius 2 is 1.90 bits per heavy atom. The number of para-hydroxylation sites is 1. The van der Waals surface area contributed by atoms with Crippen LogP contribution in [0.2, 0.25) is 0 Å². The molecular formula is C29H27N3O7. The minimum absolute atomic E-state index is 0.0862. The van der Waals surface area contributed by atoms with Gasteiger partial charge in [0.2, 0.25) is 11.8 Å². The summed E-state index contributed by atoms with van der Waals surface area (Å²) >= 11 is 0. The van der Waals surface area contributed by atoms with Crippen LogP contribution in [0.4, 0.5) is 10.5 Å². The Hall–Kier alpha value is -4.86. The highest BCUT2D eigenvalue weighted by atomic mass is 16.5. The van der Waals surface area contributed by atoms with Crippen LogP contribution in [0, 0.1) is 6.85 Å². The van der Waals surface area contributed by atoms with Gasteiger partial charge in [0.05, 0.1) is 12.7 Å². The molecule has 1 unspecified atom stereocenters. The van der Waals surface area contributed by atoms with Crippen LogP contribution in [0.15, 0.2) is 60.7 Å². The zero-order valence-corrected chi connectivity index (χ0v) is 21.0. The molecule has 0 bridgehead atoms. The van der Waals surface area contributed by atoms with Crippen LogP contribution in [-0.4, -0.2) is 41.9 Å². The minimum atomic E-state index is -2.33. The van der Waals surface area contributed by atoms with Crippen molar-refractivity contribution in [3.05, 3.63) is 82.9 Å². The molecule has 2 aliphatic heterocycles.